The Morgan fingerprint density at radius 1 is 1.33 bits per heavy atom. The summed E-state index contributed by atoms with van der Waals surface area (Å²) in [5, 5.41) is 26.6. The molecule has 1 fully saturated rings. The van der Waals surface area contributed by atoms with Crippen LogP contribution in [0, 0.1) is 11.6 Å². The zero-order valence-corrected chi connectivity index (χ0v) is 16.5. The molecule has 30 heavy (non-hydrogen) atoms. The van der Waals surface area contributed by atoms with Crippen molar-refractivity contribution in [1.82, 2.24) is 14.8 Å². The van der Waals surface area contributed by atoms with Gasteiger partial charge < -0.3 is 26.2 Å². The maximum absolute atomic E-state index is 14.0. The smallest absolute Gasteiger partial charge is 0.277 e. The second kappa shape index (κ2) is 7.63. The van der Waals surface area contributed by atoms with Crippen LogP contribution >= 0.6 is 11.3 Å². The number of carbonyl (C=O) groups excluding carboxylic acids is 1. The molecule has 3 heterocycles. The van der Waals surface area contributed by atoms with Crippen LogP contribution in [0.3, 0.4) is 0 Å². The number of anilines is 3. The number of benzene rings is 1. The SMILES string of the molecule is Cn1ncc(NC(=O)c2nc(-c3c(F)cccc3F)sc2N)c1N1CC[C@H](O)C1O. The molecule has 12 heteroatoms. The summed E-state index contributed by atoms with van der Waals surface area (Å²) in [6, 6.07) is 3.41. The third-order valence-electron chi connectivity index (χ3n) is 4.80. The highest BCUT2D eigenvalue weighted by Crippen LogP contribution is 2.35. The molecule has 0 saturated carbocycles. The number of nitrogens with zero attached hydrogens (tertiary/aromatic N) is 4. The maximum atomic E-state index is 14.0. The van der Waals surface area contributed by atoms with Gasteiger partial charge in [0.1, 0.15) is 33.4 Å². The normalized spacial score (nSPS) is 18.8. The predicted octanol–water partition coefficient (Wildman–Crippen LogP) is 1.55. The topological polar surface area (TPSA) is 130 Å². The van der Waals surface area contributed by atoms with E-state index in [0.29, 0.717) is 18.8 Å². The third-order valence-corrected chi connectivity index (χ3v) is 5.70. The van der Waals surface area contributed by atoms with E-state index in [-0.39, 0.29) is 27.0 Å². The summed E-state index contributed by atoms with van der Waals surface area (Å²) in [5.41, 5.74) is 5.61. The second-order valence-corrected chi connectivity index (χ2v) is 7.78. The summed E-state index contributed by atoms with van der Waals surface area (Å²) in [6.45, 7) is 0.361. The Bertz CT molecular complexity index is 1100. The van der Waals surface area contributed by atoms with Gasteiger partial charge >= 0.3 is 0 Å². The number of aliphatic hydroxyl groups is 2. The molecular formula is C18H18F2N6O3S. The molecule has 1 amide bonds. The first kappa shape index (κ1) is 20.2. The van der Waals surface area contributed by atoms with Crippen LogP contribution in [-0.4, -0.2) is 49.8 Å². The minimum atomic E-state index is -1.14. The molecule has 0 bridgehead atoms. The number of aromatic nitrogens is 3. The number of nitrogens with one attached hydrogen (secondary N) is 1. The summed E-state index contributed by atoms with van der Waals surface area (Å²) < 4.78 is 29.5. The highest BCUT2D eigenvalue weighted by atomic mass is 32.1. The number of amides is 1. The van der Waals surface area contributed by atoms with Crippen molar-refractivity contribution in [2.75, 3.05) is 22.5 Å². The molecule has 158 valence electrons. The predicted molar refractivity (Wildman–Crippen MR) is 107 cm³/mol. The lowest BCUT2D eigenvalue weighted by atomic mass is 10.2. The van der Waals surface area contributed by atoms with Crippen LogP contribution in [0.15, 0.2) is 24.4 Å². The van der Waals surface area contributed by atoms with E-state index in [4.69, 9.17) is 5.73 Å². The van der Waals surface area contributed by atoms with Gasteiger partial charge in [-0.2, -0.15) is 5.10 Å². The Labute approximate surface area is 173 Å². The number of nitrogens with two attached hydrogens (primary N) is 1. The molecule has 2 aromatic heterocycles. The fourth-order valence-corrected chi connectivity index (χ4v) is 4.21. The quantitative estimate of drug-likeness (QED) is 0.488. The molecule has 3 aromatic rings. The van der Waals surface area contributed by atoms with E-state index in [0.717, 1.165) is 23.5 Å². The zero-order valence-electron chi connectivity index (χ0n) is 15.7. The lowest BCUT2D eigenvalue weighted by Gasteiger charge is -2.24. The maximum Gasteiger partial charge on any atom is 0.277 e. The summed E-state index contributed by atoms with van der Waals surface area (Å²) >= 11 is 0.792. The number of nitrogen functional groups attached to an aromatic ring is 1. The third kappa shape index (κ3) is 3.38. The molecule has 0 spiro atoms. The molecule has 1 aromatic carbocycles. The lowest BCUT2D eigenvalue weighted by molar-refractivity contribution is 0.0444. The molecule has 2 atom stereocenters. The van der Waals surface area contributed by atoms with Crippen LogP contribution < -0.4 is 16.0 Å². The Morgan fingerprint density at radius 3 is 2.67 bits per heavy atom. The number of aliphatic hydroxyl groups excluding tert-OH is 2. The fraction of sp³-hybridized carbons (Fsp3) is 0.278. The van der Waals surface area contributed by atoms with Gasteiger partial charge in [-0.15, -0.1) is 0 Å². The van der Waals surface area contributed by atoms with E-state index in [2.05, 4.69) is 15.4 Å². The average Bonchev–Trinajstić information content (AvgIpc) is 3.34. The second-order valence-electron chi connectivity index (χ2n) is 6.75. The van der Waals surface area contributed by atoms with Gasteiger partial charge in [0.05, 0.1) is 11.8 Å². The van der Waals surface area contributed by atoms with Crippen molar-refractivity contribution in [3.05, 3.63) is 41.7 Å². The van der Waals surface area contributed by atoms with Gasteiger partial charge in [-0.05, 0) is 18.6 Å². The van der Waals surface area contributed by atoms with Gasteiger partial charge in [0.15, 0.2) is 17.7 Å². The van der Waals surface area contributed by atoms with Crippen molar-refractivity contribution in [3.63, 3.8) is 0 Å². The van der Waals surface area contributed by atoms with E-state index in [1.54, 1.807) is 7.05 Å². The van der Waals surface area contributed by atoms with Gasteiger partial charge in [-0.25, -0.2) is 13.8 Å². The van der Waals surface area contributed by atoms with Crippen molar-refractivity contribution >= 4 is 33.8 Å². The monoisotopic (exact) mass is 436 g/mol. The van der Waals surface area contributed by atoms with Crippen molar-refractivity contribution in [2.45, 2.75) is 18.8 Å². The summed E-state index contributed by atoms with van der Waals surface area (Å²) in [7, 11) is 1.62. The Balaban J connectivity index is 1.63. The average molecular weight is 436 g/mol. The molecule has 9 nitrogen and oxygen atoms in total. The van der Waals surface area contributed by atoms with Crippen LogP contribution in [0.25, 0.3) is 10.6 Å². The van der Waals surface area contributed by atoms with Gasteiger partial charge in [0.25, 0.3) is 5.91 Å². The minimum Gasteiger partial charge on any atom is -0.389 e. The molecular weight excluding hydrogens is 418 g/mol. The van der Waals surface area contributed by atoms with E-state index < -0.39 is 29.9 Å². The minimum absolute atomic E-state index is 0.00720. The first-order chi connectivity index (χ1) is 14.3. The van der Waals surface area contributed by atoms with E-state index in [9.17, 15) is 23.8 Å². The molecule has 4 rings (SSSR count). The number of halogens is 2. The molecule has 0 aliphatic carbocycles. The molecule has 1 aliphatic rings. The van der Waals surface area contributed by atoms with Gasteiger partial charge in [-0.1, -0.05) is 17.4 Å². The van der Waals surface area contributed by atoms with Gasteiger partial charge in [-0.3, -0.25) is 9.48 Å². The van der Waals surface area contributed by atoms with Crippen LogP contribution in [0.5, 0.6) is 0 Å². The van der Waals surface area contributed by atoms with Gasteiger partial charge in [0, 0.05) is 13.6 Å². The van der Waals surface area contributed by atoms with Crippen LogP contribution in [0.4, 0.5) is 25.3 Å². The number of aryl methyl sites for hydroxylation is 1. The highest BCUT2D eigenvalue weighted by Gasteiger charge is 2.34. The zero-order chi connectivity index (χ0) is 21.6. The Hall–Kier alpha value is -3.09. The van der Waals surface area contributed by atoms with E-state index >= 15 is 0 Å². The molecule has 5 N–H and O–H groups in total. The largest absolute Gasteiger partial charge is 0.389 e. The molecule has 0 radical (unpaired) electrons. The fourth-order valence-electron chi connectivity index (χ4n) is 3.34. The highest BCUT2D eigenvalue weighted by molar-refractivity contribution is 7.19. The molecule has 1 saturated heterocycles. The first-order valence-electron chi connectivity index (χ1n) is 8.94. The Kier molecular flexibility index (Phi) is 5.13. The van der Waals surface area contributed by atoms with Crippen LogP contribution in [0.2, 0.25) is 0 Å². The summed E-state index contributed by atoms with van der Waals surface area (Å²) in [5.74, 6) is -1.93. The standard InChI is InChI=1S/C18H18F2N6O3S/c1-25-17(26-6-5-11(27)18(26)29)10(7-22-25)23-15(28)13-14(21)30-16(24-13)12-8(19)3-2-4-9(12)20/h2-4,7,11,18,27,29H,5-6,21H2,1H3,(H,23,28)/t11-,18?/m0/s1. The molecule has 1 unspecified atom stereocenters. The number of rotatable bonds is 4. The van der Waals surface area contributed by atoms with E-state index in [1.165, 1.54) is 21.8 Å². The lowest BCUT2D eigenvalue weighted by Crippen LogP contribution is -2.36. The van der Waals surface area contributed by atoms with E-state index in [1.807, 2.05) is 0 Å². The van der Waals surface area contributed by atoms with Crippen molar-refractivity contribution in [2.24, 2.45) is 7.05 Å². The number of thiazole rings is 1. The van der Waals surface area contributed by atoms with Crippen LogP contribution in [-0.2, 0) is 7.05 Å². The van der Waals surface area contributed by atoms with Crippen molar-refractivity contribution in [3.8, 4) is 10.6 Å². The number of hydrogen-bond acceptors (Lipinski definition) is 8. The Morgan fingerprint density at radius 2 is 2.03 bits per heavy atom. The molecule has 1 aliphatic heterocycles. The summed E-state index contributed by atoms with van der Waals surface area (Å²) in [4.78, 5) is 18.3. The van der Waals surface area contributed by atoms with Crippen molar-refractivity contribution < 1.29 is 23.8 Å². The summed E-state index contributed by atoms with van der Waals surface area (Å²) in [6.07, 6.45) is -0.326. The number of hydrogen-bond donors (Lipinski definition) is 4. The van der Waals surface area contributed by atoms with Crippen LogP contribution in [0.1, 0.15) is 16.9 Å². The number of carbonyl (C=O) groups is 1. The first-order valence-corrected chi connectivity index (χ1v) is 9.76. The van der Waals surface area contributed by atoms with Gasteiger partial charge in [0.2, 0.25) is 0 Å². The van der Waals surface area contributed by atoms with Crippen molar-refractivity contribution in [1.29, 1.82) is 0 Å².